The standard InChI is InChI=1S/C22H18N6O2/c1-27(2)22-10-15(17-5-3-4-6-19(17)26-22)13-24-21-9-14(12-23)18-11-16(28(29)30)7-8-20(18)25-21/h3-11H,13H2,1-2H3,(H,24,25). The second-order valence-electron chi connectivity index (χ2n) is 7.03. The number of benzene rings is 2. The minimum absolute atomic E-state index is 0.0685. The van der Waals surface area contributed by atoms with Gasteiger partial charge in [-0.15, -0.1) is 0 Å². The van der Waals surface area contributed by atoms with Crippen molar-refractivity contribution in [2.24, 2.45) is 0 Å². The summed E-state index contributed by atoms with van der Waals surface area (Å²) in [6.45, 7) is 0.486. The first-order valence-electron chi connectivity index (χ1n) is 9.25. The van der Waals surface area contributed by atoms with E-state index in [-0.39, 0.29) is 5.69 Å². The number of para-hydroxylation sites is 1. The van der Waals surface area contributed by atoms with Gasteiger partial charge in [0.2, 0.25) is 0 Å². The number of nitrogens with one attached hydrogen (secondary N) is 1. The second kappa shape index (κ2) is 7.64. The van der Waals surface area contributed by atoms with E-state index in [0.29, 0.717) is 28.8 Å². The number of nitro groups is 1. The van der Waals surface area contributed by atoms with Gasteiger partial charge in [0.15, 0.2) is 0 Å². The van der Waals surface area contributed by atoms with Gasteiger partial charge in [0.1, 0.15) is 11.6 Å². The third-order valence-corrected chi connectivity index (χ3v) is 4.83. The maximum atomic E-state index is 11.0. The fraction of sp³-hybridized carbons (Fsp3) is 0.136. The highest BCUT2D eigenvalue weighted by Gasteiger charge is 2.12. The predicted molar refractivity (Wildman–Crippen MR) is 117 cm³/mol. The van der Waals surface area contributed by atoms with Gasteiger partial charge in [0.05, 0.1) is 27.6 Å². The van der Waals surface area contributed by atoms with E-state index in [2.05, 4.69) is 21.4 Å². The Morgan fingerprint density at radius 2 is 1.83 bits per heavy atom. The SMILES string of the molecule is CN(C)c1cc(CNc2cc(C#N)c3cc([N+](=O)[O-])ccc3n2)c2ccccc2n1. The van der Waals surface area contributed by atoms with Crippen molar-refractivity contribution >= 4 is 39.1 Å². The van der Waals surface area contributed by atoms with E-state index < -0.39 is 4.92 Å². The number of rotatable bonds is 5. The molecule has 8 heteroatoms. The molecule has 0 spiro atoms. The molecule has 2 aromatic carbocycles. The molecule has 0 aliphatic rings. The fourth-order valence-electron chi connectivity index (χ4n) is 3.30. The molecule has 8 nitrogen and oxygen atoms in total. The number of hydrogen-bond acceptors (Lipinski definition) is 7. The van der Waals surface area contributed by atoms with E-state index in [1.54, 1.807) is 12.1 Å². The Kier molecular flexibility index (Phi) is 4.86. The molecule has 0 aliphatic carbocycles. The summed E-state index contributed by atoms with van der Waals surface area (Å²) in [6, 6.07) is 18.0. The average molecular weight is 398 g/mol. The summed E-state index contributed by atoms with van der Waals surface area (Å²) < 4.78 is 0. The maximum absolute atomic E-state index is 11.0. The zero-order chi connectivity index (χ0) is 21.3. The number of non-ortho nitro benzene ring substituents is 1. The van der Waals surface area contributed by atoms with Crippen LogP contribution in [0, 0.1) is 21.4 Å². The molecule has 0 bridgehead atoms. The third-order valence-electron chi connectivity index (χ3n) is 4.83. The minimum Gasteiger partial charge on any atom is -0.366 e. The number of pyridine rings is 2. The monoisotopic (exact) mass is 398 g/mol. The Morgan fingerprint density at radius 1 is 1.07 bits per heavy atom. The lowest BCUT2D eigenvalue weighted by atomic mass is 10.1. The first kappa shape index (κ1) is 19.1. The molecule has 0 saturated heterocycles. The Balaban J connectivity index is 1.71. The minimum atomic E-state index is -0.483. The summed E-state index contributed by atoms with van der Waals surface area (Å²) in [6.07, 6.45) is 0. The number of hydrogen-bond donors (Lipinski definition) is 1. The maximum Gasteiger partial charge on any atom is 0.270 e. The molecular formula is C22H18N6O2. The Bertz CT molecular complexity index is 1330. The average Bonchev–Trinajstić information content (AvgIpc) is 2.76. The molecule has 2 heterocycles. The molecule has 30 heavy (non-hydrogen) atoms. The van der Waals surface area contributed by atoms with Gasteiger partial charge in [-0.25, -0.2) is 9.97 Å². The number of anilines is 2. The van der Waals surface area contributed by atoms with Crippen LogP contribution in [0.2, 0.25) is 0 Å². The highest BCUT2D eigenvalue weighted by molar-refractivity contribution is 5.88. The van der Waals surface area contributed by atoms with Crippen molar-refractivity contribution in [2.45, 2.75) is 6.54 Å². The van der Waals surface area contributed by atoms with Crippen LogP contribution < -0.4 is 10.2 Å². The smallest absolute Gasteiger partial charge is 0.270 e. The summed E-state index contributed by atoms with van der Waals surface area (Å²) in [5.74, 6) is 1.38. The molecule has 0 fully saturated rings. The Morgan fingerprint density at radius 3 is 2.57 bits per heavy atom. The lowest BCUT2D eigenvalue weighted by molar-refractivity contribution is -0.384. The summed E-state index contributed by atoms with van der Waals surface area (Å²) >= 11 is 0. The number of nitro benzene ring substituents is 1. The first-order chi connectivity index (χ1) is 14.5. The van der Waals surface area contributed by atoms with Gasteiger partial charge in [-0.3, -0.25) is 10.1 Å². The van der Waals surface area contributed by atoms with E-state index in [1.165, 1.54) is 12.1 Å². The lowest BCUT2D eigenvalue weighted by Crippen LogP contribution is -2.12. The van der Waals surface area contributed by atoms with Crippen LogP contribution in [0.5, 0.6) is 0 Å². The molecule has 0 unspecified atom stereocenters. The largest absolute Gasteiger partial charge is 0.366 e. The van der Waals surface area contributed by atoms with Gasteiger partial charge in [-0.1, -0.05) is 18.2 Å². The van der Waals surface area contributed by atoms with Crippen LogP contribution in [0.15, 0.2) is 54.6 Å². The molecule has 0 amide bonds. The molecular weight excluding hydrogens is 380 g/mol. The van der Waals surface area contributed by atoms with Crippen LogP contribution in [0.4, 0.5) is 17.3 Å². The molecule has 0 atom stereocenters. The van der Waals surface area contributed by atoms with Crippen LogP contribution in [0.3, 0.4) is 0 Å². The van der Waals surface area contributed by atoms with Crippen molar-refractivity contribution in [3.8, 4) is 6.07 Å². The van der Waals surface area contributed by atoms with E-state index >= 15 is 0 Å². The number of nitriles is 1. The van der Waals surface area contributed by atoms with E-state index in [1.807, 2.05) is 49.3 Å². The molecule has 0 saturated carbocycles. The van der Waals surface area contributed by atoms with Crippen molar-refractivity contribution in [3.63, 3.8) is 0 Å². The topological polar surface area (TPSA) is 108 Å². The van der Waals surface area contributed by atoms with E-state index in [0.717, 1.165) is 22.3 Å². The summed E-state index contributed by atoms with van der Waals surface area (Å²) in [7, 11) is 3.88. The normalized spacial score (nSPS) is 10.7. The fourth-order valence-corrected chi connectivity index (χ4v) is 3.30. The molecule has 148 valence electrons. The van der Waals surface area contributed by atoms with Crippen LogP contribution in [-0.4, -0.2) is 29.0 Å². The first-order valence-corrected chi connectivity index (χ1v) is 9.25. The van der Waals surface area contributed by atoms with E-state index in [9.17, 15) is 15.4 Å². The van der Waals surface area contributed by atoms with Crippen LogP contribution in [0.1, 0.15) is 11.1 Å². The van der Waals surface area contributed by atoms with Crippen molar-refractivity contribution in [1.82, 2.24) is 9.97 Å². The highest BCUT2D eigenvalue weighted by Crippen LogP contribution is 2.26. The van der Waals surface area contributed by atoms with Gasteiger partial charge >= 0.3 is 0 Å². The quantitative estimate of drug-likeness (QED) is 0.396. The van der Waals surface area contributed by atoms with Gasteiger partial charge in [-0.2, -0.15) is 5.26 Å². The van der Waals surface area contributed by atoms with Gasteiger partial charge < -0.3 is 10.2 Å². The zero-order valence-electron chi connectivity index (χ0n) is 16.5. The molecule has 1 N–H and O–H groups in total. The summed E-state index contributed by atoms with van der Waals surface area (Å²) in [4.78, 5) is 21.7. The Hall–Kier alpha value is -4.25. The van der Waals surface area contributed by atoms with Crippen molar-refractivity contribution < 1.29 is 4.92 Å². The Labute approximate surface area is 172 Å². The number of nitrogens with zero attached hydrogens (tertiary/aromatic N) is 5. The predicted octanol–water partition coefficient (Wildman–Crippen LogP) is 4.24. The van der Waals surface area contributed by atoms with Gasteiger partial charge in [0.25, 0.3) is 5.69 Å². The molecule has 4 aromatic rings. The van der Waals surface area contributed by atoms with Crippen LogP contribution >= 0.6 is 0 Å². The summed E-state index contributed by atoms with van der Waals surface area (Å²) in [5, 5.41) is 25.3. The lowest BCUT2D eigenvalue weighted by Gasteiger charge is -2.16. The third kappa shape index (κ3) is 3.56. The molecule has 0 radical (unpaired) electrons. The van der Waals surface area contributed by atoms with Crippen molar-refractivity contribution in [3.05, 3.63) is 75.8 Å². The molecule has 4 rings (SSSR count). The number of fused-ring (bicyclic) bond motifs is 2. The zero-order valence-corrected chi connectivity index (χ0v) is 16.5. The van der Waals surface area contributed by atoms with E-state index in [4.69, 9.17) is 0 Å². The molecule has 0 aliphatic heterocycles. The highest BCUT2D eigenvalue weighted by atomic mass is 16.6. The van der Waals surface area contributed by atoms with Gasteiger partial charge in [0, 0.05) is 43.5 Å². The molecule has 2 aromatic heterocycles. The van der Waals surface area contributed by atoms with Crippen molar-refractivity contribution in [1.29, 1.82) is 5.26 Å². The van der Waals surface area contributed by atoms with Crippen LogP contribution in [0.25, 0.3) is 21.8 Å². The van der Waals surface area contributed by atoms with Crippen LogP contribution in [-0.2, 0) is 6.54 Å². The number of aromatic nitrogens is 2. The van der Waals surface area contributed by atoms with Gasteiger partial charge in [-0.05, 0) is 29.8 Å². The summed E-state index contributed by atoms with van der Waals surface area (Å²) in [5.41, 5.74) is 2.74. The van der Waals surface area contributed by atoms with Crippen molar-refractivity contribution in [2.75, 3.05) is 24.3 Å². The second-order valence-corrected chi connectivity index (χ2v) is 7.03.